The highest BCUT2D eigenvalue weighted by molar-refractivity contribution is 7.80. The molecule has 1 aliphatic rings. The van der Waals surface area contributed by atoms with E-state index >= 15 is 0 Å². The van der Waals surface area contributed by atoms with Crippen LogP contribution in [-0.4, -0.2) is 17.6 Å². The topological polar surface area (TPSA) is 29.3 Å². The Morgan fingerprint density at radius 3 is 2.30 bits per heavy atom. The van der Waals surface area contributed by atoms with Gasteiger partial charge >= 0.3 is 0 Å². The van der Waals surface area contributed by atoms with E-state index in [1.54, 1.807) is 0 Å². The van der Waals surface area contributed by atoms with Crippen LogP contribution in [0.3, 0.4) is 0 Å². The van der Waals surface area contributed by atoms with Gasteiger partial charge in [-0.3, -0.25) is 0 Å². The van der Waals surface area contributed by atoms with Gasteiger partial charge in [0.15, 0.2) is 0 Å². The van der Waals surface area contributed by atoms with Gasteiger partial charge < -0.3 is 10.6 Å². The van der Waals surface area contributed by atoms with Crippen LogP contribution in [0, 0.1) is 11.8 Å². The fraction of sp³-hybridized carbons (Fsp3) is 0.588. The highest BCUT2D eigenvalue weighted by Crippen LogP contribution is 2.33. The highest BCUT2D eigenvalue weighted by atomic mass is 32.1. The summed E-state index contributed by atoms with van der Waals surface area (Å²) in [4.78, 5) is 3.13. The van der Waals surface area contributed by atoms with Crippen LogP contribution in [0.2, 0.25) is 0 Å². The fourth-order valence-corrected chi connectivity index (χ4v) is 3.62. The van der Waals surface area contributed by atoms with Crippen LogP contribution >= 0.6 is 12.2 Å². The molecule has 2 rings (SSSR count). The molecule has 1 aromatic carbocycles. The third-order valence-electron chi connectivity index (χ3n) is 4.28. The Morgan fingerprint density at radius 2 is 1.75 bits per heavy atom. The van der Waals surface area contributed by atoms with Crippen molar-refractivity contribution in [3.8, 4) is 0 Å². The molecule has 2 nitrogen and oxygen atoms in total. The number of benzene rings is 1. The molecule has 1 fully saturated rings. The molecule has 0 heterocycles. The number of nitrogens with zero attached hydrogens (tertiary/aromatic N) is 1. The zero-order chi connectivity index (χ0) is 14.5. The number of rotatable bonds is 5. The third-order valence-corrected chi connectivity index (χ3v) is 4.49. The van der Waals surface area contributed by atoms with Crippen molar-refractivity contribution in [3.63, 3.8) is 0 Å². The van der Waals surface area contributed by atoms with Gasteiger partial charge in [0.05, 0.1) is 4.99 Å². The van der Waals surface area contributed by atoms with Crippen molar-refractivity contribution >= 4 is 22.9 Å². The molecule has 0 aliphatic heterocycles. The highest BCUT2D eigenvalue weighted by Gasteiger charge is 2.28. The average Bonchev–Trinajstić information content (AvgIpc) is 2.38. The first kappa shape index (κ1) is 15.3. The number of para-hydroxylation sites is 1. The van der Waals surface area contributed by atoms with E-state index in [0.717, 1.165) is 24.8 Å². The number of hydrogen-bond acceptors (Lipinski definition) is 2. The summed E-state index contributed by atoms with van der Waals surface area (Å²) in [6.45, 7) is 5.68. The minimum atomic E-state index is 0.614. The van der Waals surface area contributed by atoms with Crippen LogP contribution < -0.4 is 10.6 Å². The van der Waals surface area contributed by atoms with Crippen molar-refractivity contribution in [3.05, 3.63) is 30.3 Å². The van der Waals surface area contributed by atoms with Gasteiger partial charge in [0, 0.05) is 24.7 Å². The van der Waals surface area contributed by atoms with Gasteiger partial charge in [0.25, 0.3) is 0 Å². The first-order valence-electron chi connectivity index (χ1n) is 7.66. The Hall–Kier alpha value is -1.09. The van der Waals surface area contributed by atoms with Crippen molar-refractivity contribution in [1.82, 2.24) is 0 Å². The van der Waals surface area contributed by atoms with E-state index in [4.69, 9.17) is 18.0 Å². The second-order valence-corrected chi connectivity index (χ2v) is 6.84. The van der Waals surface area contributed by atoms with E-state index in [2.05, 4.69) is 49.1 Å². The number of nitrogens with two attached hydrogens (primary N) is 1. The zero-order valence-corrected chi connectivity index (χ0v) is 13.4. The van der Waals surface area contributed by atoms with Gasteiger partial charge in [-0.25, -0.2) is 0 Å². The molecule has 0 radical (unpaired) electrons. The minimum absolute atomic E-state index is 0.614. The molecular weight excluding hydrogens is 264 g/mol. The summed E-state index contributed by atoms with van der Waals surface area (Å²) >= 11 is 5.06. The van der Waals surface area contributed by atoms with E-state index in [1.807, 2.05) is 0 Å². The van der Waals surface area contributed by atoms with Gasteiger partial charge in [-0.2, -0.15) is 0 Å². The minimum Gasteiger partial charge on any atom is -0.393 e. The van der Waals surface area contributed by atoms with Crippen molar-refractivity contribution in [2.45, 2.75) is 45.6 Å². The Morgan fingerprint density at radius 1 is 1.15 bits per heavy atom. The molecule has 0 amide bonds. The summed E-state index contributed by atoms with van der Waals surface area (Å²) in [6.07, 6.45) is 4.70. The molecule has 20 heavy (non-hydrogen) atoms. The van der Waals surface area contributed by atoms with Crippen LogP contribution in [-0.2, 0) is 0 Å². The maximum Gasteiger partial charge on any atom is 0.0745 e. The van der Waals surface area contributed by atoms with Gasteiger partial charge in [-0.1, -0.05) is 44.3 Å². The predicted octanol–water partition coefficient (Wildman–Crippen LogP) is 3.99. The van der Waals surface area contributed by atoms with Crippen molar-refractivity contribution in [1.29, 1.82) is 0 Å². The van der Waals surface area contributed by atoms with E-state index in [1.165, 1.54) is 24.9 Å². The molecule has 2 atom stereocenters. The normalized spacial score (nSPS) is 26.2. The lowest BCUT2D eigenvalue weighted by Gasteiger charge is -2.40. The lowest BCUT2D eigenvalue weighted by atomic mass is 9.79. The third kappa shape index (κ3) is 4.20. The van der Waals surface area contributed by atoms with Crippen LogP contribution in [0.4, 0.5) is 5.69 Å². The molecule has 2 N–H and O–H groups in total. The summed E-state index contributed by atoms with van der Waals surface area (Å²) in [5.41, 5.74) is 7.01. The molecular formula is C17H26N2S. The molecule has 1 saturated carbocycles. The van der Waals surface area contributed by atoms with Crippen LogP contribution in [0.5, 0.6) is 0 Å². The SMILES string of the molecule is CC1CC(C)CC(N(CCC(N)=S)c2ccccc2)C1. The summed E-state index contributed by atoms with van der Waals surface area (Å²) in [5, 5.41) is 0. The maximum atomic E-state index is 5.71. The Bertz CT molecular complexity index is 422. The maximum absolute atomic E-state index is 5.71. The molecule has 2 unspecified atom stereocenters. The fourth-order valence-electron chi connectivity index (χ4n) is 3.53. The number of thiocarbonyl (C=S) groups is 1. The summed E-state index contributed by atoms with van der Waals surface area (Å²) in [7, 11) is 0. The van der Waals surface area contributed by atoms with Gasteiger partial charge in [-0.05, 0) is 43.2 Å². The smallest absolute Gasteiger partial charge is 0.0745 e. The van der Waals surface area contributed by atoms with Gasteiger partial charge in [0.1, 0.15) is 0 Å². The second-order valence-electron chi connectivity index (χ2n) is 6.32. The van der Waals surface area contributed by atoms with E-state index in [9.17, 15) is 0 Å². The Balaban J connectivity index is 2.15. The standard InChI is InChI=1S/C17H26N2S/c1-13-10-14(2)12-16(11-13)19(9-8-17(18)20)15-6-4-3-5-7-15/h3-7,13-14,16H,8-12H2,1-2H3,(H2,18,20). The van der Waals surface area contributed by atoms with E-state index in [-0.39, 0.29) is 0 Å². The molecule has 0 spiro atoms. The van der Waals surface area contributed by atoms with Crippen molar-refractivity contribution in [2.24, 2.45) is 17.6 Å². The quantitative estimate of drug-likeness (QED) is 0.831. The monoisotopic (exact) mass is 290 g/mol. The molecule has 1 aromatic rings. The van der Waals surface area contributed by atoms with Gasteiger partial charge in [0.2, 0.25) is 0 Å². The number of anilines is 1. The van der Waals surface area contributed by atoms with Crippen LogP contribution in [0.15, 0.2) is 30.3 Å². The van der Waals surface area contributed by atoms with Crippen LogP contribution in [0.1, 0.15) is 39.5 Å². The molecule has 1 aliphatic carbocycles. The summed E-state index contributed by atoms with van der Waals surface area (Å²) in [6, 6.07) is 11.3. The first-order chi connectivity index (χ1) is 9.56. The summed E-state index contributed by atoms with van der Waals surface area (Å²) < 4.78 is 0. The predicted molar refractivity (Wildman–Crippen MR) is 91.2 cm³/mol. The summed E-state index contributed by atoms with van der Waals surface area (Å²) in [5.74, 6) is 1.61. The van der Waals surface area contributed by atoms with Gasteiger partial charge in [-0.15, -0.1) is 0 Å². The Labute approximate surface area is 128 Å². The second kappa shape index (κ2) is 7.07. The van der Waals surface area contributed by atoms with Crippen LogP contribution in [0.25, 0.3) is 0 Å². The molecule has 0 aromatic heterocycles. The Kier molecular flexibility index (Phi) is 5.41. The van der Waals surface area contributed by atoms with E-state index in [0.29, 0.717) is 11.0 Å². The largest absolute Gasteiger partial charge is 0.393 e. The zero-order valence-electron chi connectivity index (χ0n) is 12.6. The van der Waals surface area contributed by atoms with E-state index < -0.39 is 0 Å². The van der Waals surface area contributed by atoms with Crippen molar-refractivity contribution < 1.29 is 0 Å². The first-order valence-corrected chi connectivity index (χ1v) is 8.07. The lowest BCUT2D eigenvalue weighted by molar-refractivity contribution is 0.260. The van der Waals surface area contributed by atoms with Crippen molar-refractivity contribution in [2.75, 3.05) is 11.4 Å². The number of hydrogen-bond donors (Lipinski definition) is 1. The lowest BCUT2D eigenvalue weighted by Crippen LogP contribution is -2.42. The molecule has 0 bridgehead atoms. The average molecular weight is 290 g/mol. The molecule has 3 heteroatoms. The molecule has 110 valence electrons. The molecule has 0 saturated heterocycles.